The summed E-state index contributed by atoms with van der Waals surface area (Å²) in [6, 6.07) is 9.27. The fraction of sp³-hybridized carbons (Fsp3) is 0.312. The number of rotatable bonds is 4. The Morgan fingerprint density at radius 1 is 1.27 bits per heavy atom. The molecule has 0 saturated heterocycles. The largest absolute Gasteiger partial charge is 0.387 e. The molecule has 0 unspecified atom stereocenters. The Hall–Kier alpha value is -2.47. The Kier molecular flexibility index (Phi) is 3.77. The van der Waals surface area contributed by atoms with Gasteiger partial charge in [0.1, 0.15) is 5.52 Å². The summed E-state index contributed by atoms with van der Waals surface area (Å²) in [5.41, 5.74) is 2.51. The zero-order chi connectivity index (χ0) is 15.7. The van der Waals surface area contributed by atoms with Crippen molar-refractivity contribution in [3.8, 4) is 0 Å². The van der Waals surface area contributed by atoms with Gasteiger partial charge in [-0.15, -0.1) is 0 Å². The fourth-order valence-corrected chi connectivity index (χ4v) is 2.59. The molecule has 0 aliphatic carbocycles. The predicted molar refractivity (Wildman–Crippen MR) is 83.5 cm³/mol. The molecule has 1 N–H and O–H groups in total. The van der Waals surface area contributed by atoms with Crippen molar-refractivity contribution in [3.05, 3.63) is 58.3 Å². The molecular weight excluding hydrogens is 280 g/mol. The second-order valence-corrected chi connectivity index (χ2v) is 5.25. The Bertz CT molecular complexity index is 852. The quantitative estimate of drug-likeness (QED) is 0.791. The number of aromatic nitrogens is 4. The normalized spacial score (nSPS) is 12.7. The number of aliphatic hydroxyl groups excluding tert-OH is 1. The van der Waals surface area contributed by atoms with E-state index in [-0.39, 0.29) is 12.1 Å². The van der Waals surface area contributed by atoms with E-state index in [0.29, 0.717) is 11.0 Å². The number of aryl methyl sites for hydroxylation is 2. The van der Waals surface area contributed by atoms with Gasteiger partial charge >= 0.3 is 0 Å². The third-order valence-electron chi connectivity index (χ3n) is 3.77. The van der Waals surface area contributed by atoms with Gasteiger partial charge in [-0.3, -0.25) is 14.0 Å². The zero-order valence-electron chi connectivity index (χ0n) is 12.6. The summed E-state index contributed by atoms with van der Waals surface area (Å²) in [4.78, 5) is 16.9. The van der Waals surface area contributed by atoms with Gasteiger partial charge in [0, 0.05) is 7.05 Å². The first-order valence-corrected chi connectivity index (χ1v) is 7.25. The van der Waals surface area contributed by atoms with Gasteiger partial charge in [0.25, 0.3) is 5.56 Å². The van der Waals surface area contributed by atoms with Gasteiger partial charge < -0.3 is 5.11 Å². The molecule has 0 aliphatic heterocycles. The van der Waals surface area contributed by atoms with Crippen LogP contribution in [0.25, 0.3) is 11.0 Å². The second kappa shape index (κ2) is 5.73. The van der Waals surface area contributed by atoms with Crippen molar-refractivity contribution in [2.75, 3.05) is 0 Å². The molecule has 0 spiro atoms. The molecule has 0 radical (unpaired) electrons. The van der Waals surface area contributed by atoms with Crippen molar-refractivity contribution in [2.45, 2.75) is 26.0 Å². The van der Waals surface area contributed by atoms with Gasteiger partial charge in [-0.05, 0) is 12.0 Å². The molecule has 0 amide bonds. The first-order chi connectivity index (χ1) is 10.6. The van der Waals surface area contributed by atoms with Crippen LogP contribution in [0.1, 0.15) is 24.3 Å². The van der Waals surface area contributed by atoms with Crippen LogP contribution in [-0.4, -0.2) is 24.4 Å². The number of hydrogen-bond donors (Lipinski definition) is 1. The summed E-state index contributed by atoms with van der Waals surface area (Å²) < 4.78 is 3.00. The standard InChI is InChI=1S/C16H18N4O2/c1-3-12-14-15(19(2)18-12)16(22)20(10-17-14)9-13(21)11-7-5-4-6-8-11/h4-8,10,13,21H,3,9H2,1-2H3/t13-/m1/s1. The number of nitrogens with zero attached hydrogens (tertiary/aromatic N) is 4. The van der Waals surface area contributed by atoms with Crippen LogP contribution >= 0.6 is 0 Å². The van der Waals surface area contributed by atoms with Crippen molar-refractivity contribution in [2.24, 2.45) is 7.05 Å². The average Bonchev–Trinajstić information content (AvgIpc) is 2.87. The Morgan fingerprint density at radius 3 is 2.68 bits per heavy atom. The maximum Gasteiger partial charge on any atom is 0.279 e. The first kappa shape index (κ1) is 14.5. The van der Waals surface area contributed by atoms with E-state index in [0.717, 1.165) is 17.7 Å². The topological polar surface area (TPSA) is 72.9 Å². The van der Waals surface area contributed by atoms with Crippen LogP contribution in [0.3, 0.4) is 0 Å². The summed E-state index contributed by atoms with van der Waals surface area (Å²) in [6.07, 6.45) is 1.45. The first-order valence-electron chi connectivity index (χ1n) is 7.25. The molecule has 6 nitrogen and oxygen atoms in total. The third kappa shape index (κ3) is 2.42. The van der Waals surface area contributed by atoms with Crippen LogP contribution in [0.4, 0.5) is 0 Å². The lowest BCUT2D eigenvalue weighted by molar-refractivity contribution is 0.155. The Morgan fingerprint density at radius 2 is 2.00 bits per heavy atom. The van der Waals surface area contributed by atoms with E-state index in [4.69, 9.17) is 0 Å². The number of fused-ring (bicyclic) bond motifs is 1. The van der Waals surface area contributed by atoms with Gasteiger partial charge in [-0.25, -0.2) is 4.98 Å². The Balaban J connectivity index is 2.00. The minimum absolute atomic E-state index is 0.165. The average molecular weight is 298 g/mol. The van der Waals surface area contributed by atoms with E-state index in [1.165, 1.54) is 10.9 Å². The molecule has 0 saturated carbocycles. The van der Waals surface area contributed by atoms with E-state index in [9.17, 15) is 9.90 Å². The van der Waals surface area contributed by atoms with E-state index in [1.54, 1.807) is 11.7 Å². The van der Waals surface area contributed by atoms with E-state index in [2.05, 4.69) is 10.1 Å². The van der Waals surface area contributed by atoms with Gasteiger partial charge in [0.15, 0.2) is 5.52 Å². The highest BCUT2D eigenvalue weighted by Gasteiger charge is 2.16. The number of hydrogen-bond acceptors (Lipinski definition) is 4. The summed E-state index contributed by atoms with van der Waals surface area (Å²) >= 11 is 0. The van der Waals surface area contributed by atoms with Crippen LogP contribution in [0, 0.1) is 0 Å². The smallest absolute Gasteiger partial charge is 0.279 e. The molecule has 0 aliphatic rings. The highest BCUT2D eigenvalue weighted by molar-refractivity contribution is 5.76. The van der Waals surface area contributed by atoms with Gasteiger partial charge in [-0.2, -0.15) is 5.10 Å². The minimum atomic E-state index is -0.753. The van der Waals surface area contributed by atoms with E-state index < -0.39 is 6.10 Å². The molecule has 2 aromatic heterocycles. The molecule has 2 heterocycles. The van der Waals surface area contributed by atoms with Crippen LogP contribution in [0.2, 0.25) is 0 Å². The number of aliphatic hydroxyl groups is 1. The second-order valence-electron chi connectivity index (χ2n) is 5.25. The lowest BCUT2D eigenvalue weighted by atomic mass is 10.1. The molecule has 1 atom stereocenters. The summed E-state index contributed by atoms with van der Waals surface area (Å²) in [5.74, 6) is 0. The molecule has 0 bridgehead atoms. The van der Waals surface area contributed by atoms with Crippen molar-refractivity contribution < 1.29 is 5.11 Å². The zero-order valence-corrected chi connectivity index (χ0v) is 12.6. The summed E-state index contributed by atoms with van der Waals surface area (Å²) in [5, 5.41) is 14.6. The molecule has 114 valence electrons. The van der Waals surface area contributed by atoms with E-state index in [1.807, 2.05) is 37.3 Å². The molecule has 1 aromatic carbocycles. The van der Waals surface area contributed by atoms with Crippen molar-refractivity contribution in [3.63, 3.8) is 0 Å². The highest BCUT2D eigenvalue weighted by atomic mass is 16.3. The van der Waals surface area contributed by atoms with Crippen LogP contribution in [-0.2, 0) is 20.0 Å². The van der Waals surface area contributed by atoms with Gasteiger partial charge in [0.2, 0.25) is 0 Å². The predicted octanol–water partition coefficient (Wildman–Crippen LogP) is 1.43. The lowest BCUT2D eigenvalue weighted by Crippen LogP contribution is -2.25. The SMILES string of the molecule is CCc1nn(C)c2c(=O)n(C[C@@H](O)c3ccccc3)cnc12. The molecular formula is C16H18N4O2. The van der Waals surface area contributed by atoms with Crippen molar-refractivity contribution in [1.82, 2.24) is 19.3 Å². The van der Waals surface area contributed by atoms with Crippen molar-refractivity contribution in [1.29, 1.82) is 0 Å². The fourth-order valence-electron chi connectivity index (χ4n) is 2.59. The highest BCUT2D eigenvalue weighted by Crippen LogP contribution is 2.15. The molecule has 0 fully saturated rings. The number of benzene rings is 1. The van der Waals surface area contributed by atoms with Crippen LogP contribution < -0.4 is 5.56 Å². The molecule has 3 aromatic rings. The summed E-state index contributed by atoms with van der Waals surface area (Å²) in [7, 11) is 1.74. The molecule has 6 heteroatoms. The maximum absolute atomic E-state index is 12.6. The monoisotopic (exact) mass is 298 g/mol. The Labute approximate surface area is 127 Å². The van der Waals surface area contributed by atoms with Crippen LogP contribution in [0.15, 0.2) is 41.5 Å². The van der Waals surface area contributed by atoms with Crippen LogP contribution in [0.5, 0.6) is 0 Å². The van der Waals surface area contributed by atoms with Gasteiger partial charge in [-0.1, -0.05) is 37.3 Å². The minimum Gasteiger partial charge on any atom is -0.387 e. The van der Waals surface area contributed by atoms with Gasteiger partial charge in [0.05, 0.1) is 24.7 Å². The van der Waals surface area contributed by atoms with E-state index >= 15 is 0 Å². The summed E-state index contributed by atoms with van der Waals surface area (Å²) in [6.45, 7) is 2.15. The third-order valence-corrected chi connectivity index (χ3v) is 3.77. The maximum atomic E-state index is 12.6. The van der Waals surface area contributed by atoms with Crippen molar-refractivity contribution >= 4 is 11.0 Å². The lowest BCUT2D eigenvalue weighted by Gasteiger charge is -2.12. The molecule has 22 heavy (non-hydrogen) atoms. The molecule has 3 rings (SSSR count).